The number of benzene rings is 2. The second kappa shape index (κ2) is 6.75. The molecule has 0 radical (unpaired) electrons. The summed E-state index contributed by atoms with van der Waals surface area (Å²) in [6, 6.07) is 11.1. The largest absolute Gasteiger partial charge is 0.454 e. The van der Waals surface area contributed by atoms with E-state index in [9.17, 15) is 14.7 Å². The zero-order valence-corrected chi connectivity index (χ0v) is 16.3. The summed E-state index contributed by atoms with van der Waals surface area (Å²) in [5, 5.41) is 10.7. The molecule has 3 aliphatic heterocycles. The quantitative estimate of drug-likeness (QED) is 0.667. The van der Waals surface area contributed by atoms with Gasteiger partial charge in [-0.05, 0) is 29.3 Å². The van der Waals surface area contributed by atoms with Crippen LogP contribution in [0.15, 0.2) is 42.5 Å². The van der Waals surface area contributed by atoms with Crippen molar-refractivity contribution >= 4 is 22.7 Å². The van der Waals surface area contributed by atoms with Crippen LogP contribution in [0.25, 0.3) is 10.9 Å². The van der Waals surface area contributed by atoms with Gasteiger partial charge in [-0.2, -0.15) is 0 Å². The van der Waals surface area contributed by atoms with Crippen LogP contribution in [-0.4, -0.2) is 64.1 Å². The molecule has 2 aromatic carbocycles. The summed E-state index contributed by atoms with van der Waals surface area (Å²) in [5.74, 6) is -0.239. The third-order valence-corrected chi connectivity index (χ3v) is 6.16. The Kier molecular flexibility index (Phi) is 3.15. The molecular formula is C23H21N3O5. The zero-order chi connectivity index (χ0) is 24.7. The van der Waals surface area contributed by atoms with Crippen molar-refractivity contribution in [3.05, 3.63) is 59.3 Å². The average molecular weight is 423 g/mol. The maximum atomic E-state index is 13.6. The fourth-order valence-corrected chi connectivity index (χ4v) is 4.85. The molecule has 6 rings (SSSR count). The number of nitrogens with one attached hydrogen (secondary N) is 1. The van der Waals surface area contributed by atoms with E-state index in [0.29, 0.717) is 22.0 Å². The number of aliphatic hydroxyl groups is 1. The number of piperazine rings is 1. The van der Waals surface area contributed by atoms with Crippen LogP contribution in [0.2, 0.25) is 0 Å². The second-order valence-corrected chi connectivity index (χ2v) is 7.75. The summed E-state index contributed by atoms with van der Waals surface area (Å²) in [7, 11) is 0. The number of para-hydroxylation sites is 1. The van der Waals surface area contributed by atoms with E-state index < -0.39 is 43.5 Å². The molecule has 8 nitrogen and oxygen atoms in total. The van der Waals surface area contributed by atoms with Gasteiger partial charge >= 0.3 is 0 Å². The summed E-state index contributed by atoms with van der Waals surface area (Å²) in [6.07, 6.45) is 0.117. The van der Waals surface area contributed by atoms with Gasteiger partial charge in [0.15, 0.2) is 11.5 Å². The van der Waals surface area contributed by atoms with Crippen molar-refractivity contribution in [2.75, 3.05) is 26.4 Å². The molecule has 3 aromatic rings. The number of amides is 2. The highest BCUT2D eigenvalue weighted by Crippen LogP contribution is 2.44. The van der Waals surface area contributed by atoms with E-state index in [4.69, 9.17) is 15.0 Å². The first-order valence-corrected chi connectivity index (χ1v) is 9.92. The minimum Gasteiger partial charge on any atom is -0.454 e. The second-order valence-electron chi connectivity index (χ2n) is 7.75. The predicted octanol–water partition coefficient (Wildman–Crippen LogP) is 1.57. The van der Waals surface area contributed by atoms with Crippen LogP contribution in [-0.2, 0) is 16.0 Å². The van der Waals surface area contributed by atoms with Gasteiger partial charge in [0, 0.05) is 29.5 Å². The topological polar surface area (TPSA) is 95.1 Å². The molecule has 1 saturated heterocycles. The Bertz CT molecular complexity index is 1390. The van der Waals surface area contributed by atoms with Gasteiger partial charge in [0.2, 0.25) is 18.6 Å². The number of hydrogen-bond acceptors (Lipinski definition) is 5. The van der Waals surface area contributed by atoms with E-state index in [1.165, 1.54) is 4.90 Å². The Morgan fingerprint density at radius 2 is 2.00 bits per heavy atom. The monoisotopic (exact) mass is 423 g/mol. The van der Waals surface area contributed by atoms with E-state index in [-0.39, 0.29) is 13.2 Å². The Morgan fingerprint density at radius 3 is 2.87 bits per heavy atom. The van der Waals surface area contributed by atoms with Gasteiger partial charge in [0.05, 0.1) is 24.6 Å². The van der Waals surface area contributed by atoms with Crippen LogP contribution in [0.5, 0.6) is 11.5 Å². The Balaban J connectivity index is 1.52. The molecule has 0 saturated carbocycles. The van der Waals surface area contributed by atoms with Crippen LogP contribution in [0.3, 0.4) is 0 Å². The summed E-state index contributed by atoms with van der Waals surface area (Å²) in [4.78, 5) is 32.4. The van der Waals surface area contributed by atoms with Crippen molar-refractivity contribution in [1.82, 2.24) is 14.8 Å². The number of aromatic amines is 1. The van der Waals surface area contributed by atoms with Crippen LogP contribution in [0, 0.1) is 0 Å². The number of fused-ring (bicyclic) bond motifs is 5. The third kappa shape index (κ3) is 2.64. The maximum absolute atomic E-state index is 13.6. The number of carbonyl (C=O) groups excluding carboxylic acids is 2. The Labute approximate surface area is 183 Å². The summed E-state index contributed by atoms with van der Waals surface area (Å²) < 4.78 is 42.1. The maximum Gasteiger partial charge on any atom is 0.246 e. The van der Waals surface area contributed by atoms with Crippen LogP contribution in [0.4, 0.5) is 0 Å². The minimum absolute atomic E-state index is 0.0814. The molecule has 2 atom stereocenters. The van der Waals surface area contributed by atoms with Crippen LogP contribution in [0.1, 0.15) is 28.3 Å². The minimum atomic E-state index is -3.36. The molecule has 158 valence electrons. The van der Waals surface area contributed by atoms with Gasteiger partial charge in [-0.15, -0.1) is 0 Å². The molecule has 2 N–H and O–H groups in total. The Hall–Kier alpha value is -3.52. The molecule has 4 heterocycles. The van der Waals surface area contributed by atoms with Crippen LogP contribution < -0.4 is 9.47 Å². The number of ether oxygens (including phenoxy) is 2. The highest BCUT2D eigenvalue weighted by Gasteiger charge is 2.48. The zero-order valence-electron chi connectivity index (χ0n) is 20.3. The molecule has 3 aliphatic rings. The molecule has 0 unspecified atom stereocenters. The van der Waals surface area contributed by atoms with E-state index in [2.05, 4.69) is 4.98 Å². The lowest BCUT2D eigenvalue weighted by Crippen LogP contribution is -2.63. The SMILES string of the molecule is [2H]C([2H])(O)C([2H])([2H])N1CC(=O)N2[C@H](c3ccc4c(c3)OCO4)c3[nH]c4ccccc4c3C[C@@H]2C1=O. The van der Waals surface area contributed by atoms with Crippen molar-refractivity contribution in [2.45, 2.75) is 18.5 Å². The van der Waals surface area contributed by atoms with Gasteiger partial charge in [0.25, 0.3) is 0 Å². The van der Waals surface area contributed by atoms with Crippen molar-refractivity contribution in [2.24, 2.45) is 0 Å². The molecule has 1 aromatic heterocycles. The van der Waals surface area contributed by atoms with Gasteiger partial charge in [-0.1, -0.05) is 24.3 Å². The summed E-state index contributed by atoms with van der Waals surface area (Å²) >= 11 is 0. The molecule has 0 bridgehead atoms. The van der Waals surface area contributed by atoms with E-state index in [0.717, 1.165) is 22.2 Å². The standard InChI is InChI=1S/C23H21N3O5/c27-8-7-25-11-20(28)26-17(23(25)29)10-15-14-3-1-2-4-16(14)24-21(15)22(26)13-5-6-18-19(9-13)31-12-30-18/h1-6,9,17,22,24,27H,7-8,10-12H2/t17-,22-/m1/s1/i7D2,8D2. The van der Waals surface area contributed by atoms with Crippen molar-refractivity contribution in [3.63, 3.8) is 0 Å². The number of H-pyrrole nitrogens is 1. The fraction of sp³-hybridized carbons (Fsp3) is 0.304. The number of carbonyl (C=O) groups is 2. The van der Waals surface area contributed by atoms with E-state index in [1.807, 2.05) is 24.3 Å². The number of nitrogens with zero attached hydrogens (tertiary/aromatic N) is 2. The summed E-state index contributed by atoms with van der Waals surface area (Å²) in [6.45, 7) is -7.08. The first kappa shape index (κ1) is 14.5. The lowest BCUT2D eigenvalue weighted by Gasteiger charge is -2.47. The van der Waals surface area contributed by atoms with Crippen molar-refractivity contribution < 1.29 is 29.7 Å². The lowest BCUT2D eigenvalue weighted by molar-refractivity contribution is -0.159. The normalized spacial score (nSPS) is 24.9. The third-order valence-electron chi connectivity index (χ3n) is 6.16. The van der Waals surface area contributed by atoms with E-state index >= 15 is 0 Å². The van der Waals surface area contributed by atoms with Crippen molar-refractivity contribution in [1.29, 1.82) is 0 Å². The number of β-amino-alcohol motifs (C(OH)–C–C–N with tert-alkyl or cyclic N) is 1. The average Bonchev–Trinajstić information content (AvgIpc) is 3.43. The molecule has 2 amide bonds. The van der Waals surface area contributed by atoms with Crippen molar-refractivity contribution in [3.8, 4) is 11.5 Å². The van der Waals surface area contributed by atoms with Gasteiger partial charge < -0.3 is 29.4 Å². The molecule has 0 spiro atoms. The number of hydrogen-bond donors (Lipinski definition) is 2. The molecular weight excluding hydrogens is 398 g/mol. The fourth-order valence-electron chi connectivity index (χ4n) is 4.85. The molecule has 1 fully saturated rings. The summed E-state index contributed by atoms with van der Waals surface area (Å²) in [5.41, 5.74) is 3.08. The van der Waals surface area contributed by atoms with Gasteiger partial charge in [-0.3, -0.25) is 9.59 Å². The van der Waals surface area contributed by atoms with Gasteiger partial charge in [-0.25, -0.2) is 0 Å². The number of rotatable bonds is 3. The Morgan fingerprint density at radius 1 is 1.16 bits per heavy atom. The van der Waals surface area contributed by atoms with Gasteiger partial charge in [0.1, 0.15) is 6.04 Å². The predicted molar refractivity (Wildman–Crippen MR) is 111 cm³/mol. The molecule has 0 aliphatic carbocycles. The highest BCUT2D eigenvalue weighted by atomic mass is 16.7. The van der Waals surface area contributed by atoms with Crippen LogP contribution >= 0.6 is 0 Å². The number of aromatic nitrogens is 1. The first-order valence-electron chi connectivity index (χ1n) is 11.9. The molecule has 31 heavy (non-hydrogen) atoms. The highest BCUT2D eigenvalue weighted by molar-refractivity contribution is 5.97. The smallest absolute Gasteiger partial charge is 0.246 e. The lowest BCUT2D eigenvalue weighted by atomic mass is 9.86. The molecule has 8 heteroatoms. The first-order chi connectivity index (χ1) is 16.6. The van der Waals surface area contributed by atoms with E-state index in [1.54, 1.807) is 18.2 Å².